The number of non-ortho nitro benzene ring substituents is 1. The van der Waals surface area contributed by atoms with E-state index in [-0.39, 0.29) is 18.0 Å². The van der Waals surface area contributed by atoms with Crippen molar-refractivity contribution in [2.24, 2.45) is 0 Å². The van der Waals surface area contributed by atoms with Gasteiger partial charge in [0.15, 0.2) is 6.20 Å². The SMILES string of the molecule is Cc1ccc2c(ccc[n+]2CC(=O)c2ccc([N+](=O)[O-])cc2)c1. The lowest BCUT2D eigenvalue weighted by atomic mass is 10.1. The van der Waals surface area contributed by atoms with Crippen molar-refractivity contribution < 1.29 is 14.3 Å². The number of Topliss-reactive ketones (excluding diaryl/α,β-unsaturated/α-hetero) is 1. The van der Waals surface area contributed by atoms with Gasteiger partial charge < -0.3 is 0 Å². The van der Waals surface area contributed by atoms with E-state index in [1.165, 1.54) is 24.3 Å². The quantitative estimate of drug-likeness (QED) is 0.322. The largest absolute Gasteiger partial charge is 0.287 e. The molecule has 2 aromatic carbocycles. The Hall–Kier alpha value is -3.08. The first-order chi connectivity index (χ1) is 11.0. The Morgan fingerprint density at radius 3 is 2.57 bits per heavy atom. The highest BCUT2D eigenvalue weighted by atomic mass is 16.6. The van der Waals surface area contributed by atoms with Gasteiger partial charge in [-0.1, -0.05) is 11.6 Å². The van der Waals surface area contributed by atoms with Crippen LogP contribution < -0.4 is 4.57 Å². The molecule has 0 N–H and O–H groups in total. The van der Waals surface area contributed by atoms with Crippen molar-refractivity contribution in [3.63, 3.8) is 0 Å². The highest BCUT2D eigenvalue weighted by molar-refractivity contribution is 5.95. The molecule has 0 saturated heterocycles. The molecule has 0 aliphatic heterocycles. The van der Waals surface area contributed by atoms with Crippen LogP contribution in [0.15, 0.2) is 60.8 Å². The summed E-state index contributed by atoms with van der Waals surface area (Å²) in [6.45, 7) is 2.22. The lowest BCUT2D eigenvalue weighted by Crippen LogP contribution is -2.38. The van der Waals surface area contributed by atoms with E-state index in [9.17, 15) is 14.9 Å². The Morgan fingerprint density at radius 2 is 1.87 bits per heavy atom. The maximum absolute atomic E-state index is 12.4. The van der Waals surface area contributed by atoms with Crippen molar-refractivity contribution >= 4 is 22.4 Å². The van der Waals surface area contributed by atoms with Gasteiger partial charge in [0.05, 0.1) is 4.92 Å². The van der Waals surface area contributed by atoms with E-state index < -0.39 is 4.92 Å². The number of aryl methyl sites for hydroxylation is 1. The third kappa shape index (κ3) is 3.08. The molecule has 1 heterocycles. The number of nitro groups is 1. The monoisotopic (exact) mass is 307 g/mol. The number of benzene rings is 2. The molecule has 0 atom stereocenters. The predicted molar refractivity (Wildman–Crippen MR) is 86.3 cm³/mol. The molecular formula is C18H15N2O3+. The fraction of sp³-hybridized carbons (Fsp3) is 0.111. The number of rotatable bonds is 4. The molecule has 3 aromatic rings. The van der Waals surface area contributed by atoms with Gasteiger partial charge in [-0.2, -0.15) is 4.57 Å². The van der Waals surface area contributed by atoms with Crippen LogP contribution in [0.5, 0.6) is 0 Å². The Bertz CT molecular complexity index is 902. The Labute approximate surface area is 133 Å². The number of hydrogen-bond acceptors (Lipinski definition) is 3. The number of carbonyl (C=O) groups excluding carboxylic acids is 1. The summed E-state index contributed by atoms with van der Waals surface area (Å²) in [6.07, 6.45) is 1.86. The number of fused-ring (bicyclic) bond motifs is 1. The second-order valence-corrected chi connectivity index (χ2v) is 5.43. The minimum absolute atomic E-state index is 0.0187. The van der Waals surface area contributed by atoms with Gasteiger partial charge in [-0.25, -0.2) is 0 Å². The molecule has 0 spiro atoms. The van der Waals surface area contributed by atoms with Crippen LogP contribution in [0.3, 0.4) is 0 Å². The third-order valence-electron chi connectivity index (χ3n) is 3.75. The molecule has 1 aromatic heterocycles. The second kappa shape index (κ2) is 5.96. The summed E-state index contributed by atoms with van der Waals surface area (Å²) < 4.78 is 1.89. The van der Waals surface area contributed by atoms with E-state index >= 15 is 0 Å². The summed E-state index contributed by atoms with van der Waals surface area (Å²) in [7, 11) is 0. The zero-order chi connectivity index (χ0) is 16.4. The summed E-state index contributed by atoms with van der Waals surface area (Å²) in [6, 6.07) is 15.7. The van der Waals surface area contributed by atoms with Gasteiger partial charge in [0, 0.05) is 35.2 Å². The Kier molecular flexibility index (Phi) is 3.85. The van der Waals surface area contributed by atoms with Crippen molar-refractivity contribution in [1.29, 1.82) is 0 Å². The number of nitrogens with zero attached hydrogens (tertiary/aromatic N) is 2. The fourth-order valence-electron chi connectivity index (χ4n) is 2.55. The molecule has 0 aliphatic rings. The van der Waals surface area contributed by atoms with Crippen LogP contribution in [0, 0.1) is 17.0 Å². The number of hydrogen-bond donors (Lipinski definition) is 0. The van der Waals surface area contributed by atoms with Crippen molar-refractivity contribution in [3.05, 3.63) is 82.0 Å². The summed E-state index contributed by atoms with van der Waals surface area (Å²) in [5, 5.41) is 11.7. The number of carbonyl (C=O) groups is 1. The first-order valence-corrected chi connectivity index (χ1v) is 7.21. The van der Waals surface area contributed by atoms with Gasteiger partial charge in [-0.05, 0) is 31.2 Å². The molecule has 0 radical (unpaired) electrons. The van der Waals surface area contributed by atoms with Crippen molar-refractivity contribution in [1.82, 2.24) is 0 Å². The average Bonchev–Trinajstić information content (AvgIpc) is 2.54. The molecular weight excluding hydrogens is 292 g/mol. The van der Waals surface area contributed by atoms with E-state index in [0.29, 0.717) is 5.56 Å². The molecule has 0 fully saturated rings. The number of ketones is 1. The van der Waals surface area contributed by atoms with E-state index in [1.807, 2.05) is 42.0 Å². The number of aromatic nitrogens is 1. The molecule has 23 heavy (non-hydrogen) atoms. The van der Waals surface area contributed by atoms with E-state index in [2.05, 4.69) is 6.07 Å². The average molecular weight is 307 g/mol. The molecule has 0 aliphatic carbocycles. The molecule has 5 heteroatoms. The zero-order valence-electron chi connectivity index (χ0n) is 12.6. The lowest BCUT2D eigenvalue weighted by molar-refractivity contribution is -0.657. The second-order valence-electron chi connectivity index (χ2n) is 5.43. The molecule has 0 saturated carbocycles. The van der Waals surface area contributed by atoms with E-state index in [0.717, 1.165) is 16.5 Å². The standard InChI is InChI=1S/C18H15N2O3/c1-13-4-9-17-15(11-13)3-2-10-19(17)12-18(21)14-5-7-16(8-6-14)20(22)23/h2-11H,12H2,1H3/q+1. The minimum atomic E-state index is -0.476. The number of nitro benzene ring substituents is 1. The molecule has 0 unspecified atom stereocenters. The first kappa shape index (κ1) is 14.8. The predicted octanol–water partition coefficient (Wildman–Crippen LogP) is 3.23. The molecule has 0 amide bonds. The van der Waals surface area contributed by atoms with Gasteiger partial charge in [0.1, 0.15) is 0 Å². The van der Waals surface area contributed by atoms with Crippen LogP contribution >= 0.6 is 0 Å². The van der Waals surface area contributed by atoms with Crippen LogP contribution in [0.4, 0.5) is 5.69 Å². The molecule has 3 rings (SSSR count). The number of pyridine rings is 1. The smallest absolute Gasteiger partial charge is 0.269 e. The van der Waals surface area contributed by atoms with Crippen LogP contribution in [0.1, 0.15) is 15.9 Å². The maximum Gasteiger partial charge on any atom is 0.269 e. The molecule has 0 bridgehead atoms. The van der Waals surface area contributed by atoms with Gasteiger partial charge in [0.2, 0.25) is 17.8 Å². The van der Waals surface area contributed by atoms with E-state index in [1.54, 1.807) is 0 Å². The summed E-state index contributed by atoms with van der Waals surface area (Å²) >= 11 is 0. The highest BCUT2D eigenvalue weighted by Crippen LogP contribution is 2.14. The van der Waals surface area contributed by atoms with E-state index in [4.69, 9.17) is 0 Å². The third-order valence-corrected chi connectivity index (χ3v) is 3.75. The fourth-order valence-corrected chi connectivity index (χ4v) is 2.55. The summed E-state index contributed by atoms with van der Waals surface area (Å²) in [4.78, 5) is 22.6. The van der Waals surface area contributed by atoms with Crippen LogP contribution in [-0.2, 0) is 6.54 Å². The van der Waals surface area contributed by atoms with Crippen molar-refractivity contribution in [3.8, 4) is 0 Å². The van der Waals surface area contributed by atoms with Crippen molar-refractivity contribution in [2.75, 3.05) is 0 Å². The Morgan fingerprint density at radius 1 is 1.13 bits per heavy atom. The first-order valence-electron chi connectivity index (χ1n) is 7.21. The highest BCUT2D eigenvalue weighted by Gasteiger charge is 2.16. The van der Waals surface area contributed by atoms with Crippen molar-refractivity contribution in [2.45, 2.75) is 13.5 Å². The minimum Gasteiger partial charge on any atom is -0.287 e. The Balaban J connectivity index is 1.89. The summed E-state index contributed by atoms with van der Waals surface area (Å²) in [5.74, 6) is -0.0852. The normalized spacial score (nSPS) is 10.7. The van der Waals surface area contributed by atoms with Crippen LogP contribution in [0.2, 0.25) is 0 Å². The lowest BCUT2D eigenvalue weighted by Gasteiger charge is -2.02. The summed E-state index contributed by atoms with van der Waals surface area (Å²) in [5.41, 5.74) is 2.59. The van der Waals surface area contributed by atoms with Gasteiger partial charge in [-0.15, -0.1) is 0 Å². The molecule has 5 nitrogen and oxygen atoms in total. The van der Waals surface area contributed by atoms with Crippen LogP contribution in [0.25, 0.3) is 10.9 Å². The van der Waals surface area contributed by atoms with Gasteiger partial charge in [0.25, 0.3) is 5.69 Å². The molecule has 114 valence electrons. The van der Waals surface area contributed by atoms with Gasteiger partial charge >= 0.3 is 0 Å². The van der Waals surface area contributed by atoms with Crippen LogP contribution in [-0.4, -0.2) is 10.7 Å². The maximum atomic E-state index is 12.4. The topological polar surface area (TPSA) is 64.1 Å². The zero-order valence-corrected chi connectivity index (χ0v) is 12.6. The van der Waals surface area contributed by atoms with Gasteiger partial charge in [-0.3, -0.25) is 14.9 Å².